The summed E-state index contributed by atoms with van der Waals surface area (Å²) in [4.78, 5) is 0. The number of benzene rings is 2. The van der Waals surface area contributed by atoms with Gasteiger partial charge in [-0.3, -0.25) is 0 Å². The normalized spacial score (nSPS) is 15.7. The van der Waals surface area contributed by atoms with E-state index in [0.717, 1.165) is 12.8 Å². The van der Waals surface area contributed by atoms with Crippen molar-refractivity contribution in [2.24, 2.45) is 0 Å². The maximum Gasteiger partial charge on any atom is 3.00 e. The van der Waals surface area contributed by atoms with Gasteiger partial charge in [-0.25, -0.2) is 0 Å². The Morgan fingerprint density at radius 3 is 1.57 bits per heavy atom. The van der Waals surface area contributed by atoms with Crippen LogP contribution in [0.2, 0.25) is 0 Å². The third-order valence-electron chi connectivity index (χ3n) is 5.09. The maximum atomic E-state index is 9.75. The molecule has 1 nitrogen and oxygen atoms in total. The van der Waals surface area contributed by atoms with Crippen LogP contribution in [0.3, 0.4) is 0 Å². The van der Waals surface area contributed by atoms with Gasteiger partial charge in [-0.2, -0.15) is 0 Å². The molecule has 5 radical (unpaired) electrons. The number of rotatable bonds is 6. The average molecular weight is 588 g/mol. The van der Waals surface area contributed by atoms with E-state index in [2.05, 4.69) is 105 Å². The monoisotopic (exact) mass is 588 g/mol. The topological polar surface area (TPSA) is 19.9 Å². The molecule has 0 bridgehead atoms. The van der Waals surface area contributed by atoms with Crippen molar-refractivity contribution < 1.29 is 41.4 Å². The van der Waals surface area contributed by atoms with Crippen LogP contribution >= 0.6 is 7.92 Å². The van der Waals surface area contributed by atoms with Gasteiger partial charge in [0.1, 0.15) is 0 Å². The second-order valence-corrected chi connectivity index (χ2v) is 9.50. The molecule has 8 heteroatoms. The van der Waals surface area contributed by atoms with Crippen molar-refractivity contribution in [3.8, 4) is 0 Å². The fraction of sp³-hybridized carbons (Fsp3) is 0.148. The molecule has 0 aromatic heterocycles. The smallest absolute Gasteiger partial charge is 0.358 e. The molecule has 0 spiro atoms. The standard InChI is InChI=1S/C25H24P.CO.CH3.BF4.Rh/c1-2-20-19-21(25-16-10-9-15-24(20)25)17-18-26(22-11-5-3-6-12-22)23-13-7-4-8-14-23;1-2;;2-1(3,4)5;/h3-16,19H,2,17-18H2,1H3;;1H3;;/q;;2*-1;+3. The van der Waals surface area contributed by atoms with Crippen LogP contribution in [-0.2, 0) is 24.1 Å². The number of halogens is 4. The van der Waals surface area contributed by atoms with E-state index >= 15 is 0 Å². The Morgan fingerprint density at radius 1 is 0.771 bits per heavy atom. The zero-order valence-corrected chi connectivity index (χ0v) is 22.1. The Bertz CT molecular complexity index is 860. The quantitative estimate of drug-likeness (QED) is 0.111. The fourth-order valence-electron chi connectivity index (χ4n) is 3.76. The molecule has 0 atom stereocenters. The average Bonchev–Trinajstić information content (AvgIpc) is 3.19. The molecule has 4 rings (SSSR count). The molecule has 1 fully saturated rings. The summed E-state index contributed by atoms with van der Waals surface area (Å²) in [6.45, 7) is 6.76. The molecular weight excluding hydrogens is 561 g/mol. The summed E-state index contributed by atoms with van der Waals surface area (Å²) >= 11 is 0. The predicted molar refractivity (Wildman–Crippen MR) is 135 cm³/mol. The molecule has 2 aromatic carbocycles. The molecule has 35 heavy (non-hydrogen) atoms. The number of fused-ring (bicyclic) bond motifs is 1. The van der Waals surface area contributed by atoms with E-state index in [0.29, 0.717) is 0 Å². The van der Waals surface area contributed by atoms with Crippen LogP contribution in [0, 0.1) is 44.2 Å². The molecule has 2 aliphatic rings. The van der Waals surface area contributed by atoms with E-state index in [4.69, 9.17) is 4.65 Å². The first-order chi connectivity index (χ1) is 15.9. The third-order valence-corrected chi connectivity index (χ3v) is 7.60. The Hall–Kier alpha value is -1.50. The summed E-state index contributed by atoms with van der Waals surface area (Å²) in [7, 11) is -6.32. The van der Waals surface area contributed by atoms with Crippen LogP contribution in [0.15, 0.2) is 85.0 Å². The molecule has 2 aliphatic carbocycles. The van der Waals surface area contributed by atoms with Gasteiger partial charge < -0.3 is 24.7 Å². The van der Waals surface area contributed by atoms with Gasteiger partial charge in [0.05, 0.1) is 0 Å². The van der Waals surface area contributed by atoms with Crippen molar-refractivity contribution >= 4 is 25.8 Å². The molecule has 1 saturated carbocycles. The van der Waals surface area contributed by atoms with Crippen molar-refractivity contribution in [1.82, 2.24) is 0 Å². The summed E-state index contributed by atoms with van der Waals surface area (Å²) < 4.78 is 46.5. The van der Waals surface area contributed by atoms with Crippen LogP contribution in [0.5, 0.6) is 0 Å². The van der Waals surface area contributed by atoms with E-state index in [1.165, 1.54) is 40.4 Å². The van der Waals surface area contributed by atoms with Crippen LogP contribution in [0.4, 0.5) is 17.3 Å². The molecule has 185 valence electrons. The van der Waals surface area contributed by atoms with Crippen molar-refractivity contribution in [1.29, 1.82) is 0 Å². The minimum absolute atomic E-state index is 0. The minimum Gasteiger partial charge on any atom is -0.358 e. The minimum atomic E-state index is -6.00. The van der Waals surface area contributed by atoms with Gasteiger partial charge in [-0.1, -0.05) is 91.9 Å². The van der Waals surface area contributed by atoms with E-state index in [9.17, 15) is 17.3 Å². The van der Waals surface area contributed by atoms with E-state index in [-0.39, 0.29) is 34.8 Å². The molecule has 0 aliphatic heterocycles. The second kappa shape index (κ2) is 17.0. The van der Waals surface area contributed by atoms with Crippen LogP contribution in [-0.4, -0.2) is 13.4 Å². The SMILES string of the molecule is CC[C]1[CH][C](CCP(c2ccccc2)c2ccccc2)[C]2C=CC=C[C]12.F[B-](F)(F)F.[C-]#[O+].[CH3-].[Rh+3]. The van der Waals surface area contributed by atoms with Crippen molar-refractivity contribution in [2.75, 3.05) is 6.16 Å². The second-order valence-electron chi connectivity index (χ2n) is 7.16. The van der Waals surface area contributed by atoms with E-state index < -0.39 is 7.25 Å². The maximum absolute atomic E-state index is 9.75. The molecule has 0 amide bonds. The number of allylic oxidation sites excluding steroid dienone is 4. The number of hydrogen-bond donors (Lipinski definition) is 0. The third kappa shape index (κ3) is 11.0. The van der Waals surface area contributed by atoms with Crippen molar-refractivity contribution in [3.05, 3.63) is 129 Å². The van der Waals surface area contributed by atoms with E-state index in [1.54, 1.807) is 0 Å². The van der Waals surface area contributed by atoms with Gasteiger partial charge in [0.25, 0.3) is 0 Å². The van der Waals surface area contributed by atoms with E-state index in [1.807, 2.05) is 0 Å². The van der Waals surface area contributed by atoms with Gasteiger partial charge in [-0.15, -0.1) is 0 Å². The van der Waals surface area contributed by atoms with Gasteiger partial charge in [0.15, 0.2) is 0 Å². The molecule has 2 aromatic rings. The first-order valence-electron chi connectivity index (χ1n) is 10.5. The first-order valence-corrected chi connectivity index (χ1v) is 12.0. The Labute approximate surface area is 221 Å². The fourth-order valence-corrected chi connectivity index (χ4v) is 6.11. The molecule has 0 unspecified atom stereocenters. The van der Waals surface area contributed by atoms with Crippen LogP contribution in [0.1, 0.15) is 19.8 Å². The Balaban J connectivity index is 0.00000115. The summed E-state index contributed by atoms with van der Waals surface area (Å²) in [5.41, 5.74) is 0. The molecular formula is C27H27BF4OPRh+. The van der Waals surface area contributed by atoms with Gasteiger partial charge in [0, 0.05) is 11.8 Å². The largest absolute Gasteiger partial charge is 3.00 e. The molecule has 0 saturated heterocycles. The summed E-state index contributed by atoms with van der Waals surface area (Å²) in [5.74, 6) is 5.88. The predicted octanol–water partition coefficient (Wildman–Crippen LogP) is 7.27. The van der Waals surface area contributed by atoms with Gasteiger partial charge in [-0.05, 0) is 55.8 Å². The molecule has 0 N–H and O–H groups in total. The zero-order chi connectivity index (χ0) is 24.3. The van der Waals surface area contributed by atoms with Gasteiger partial charge in [0.2, 0.25) is 0 Å². The van der Waals surface area contributed by atoms with Gasteiger partial charge >= 0.3 is 38.0 Å². The summed E-state index contributed by atoms with van der Waals surface area (Å²) in [5, 5.41) is 2.94. The summed E-state index contributed by atoms with van der Waals surface area (Å²) in [6.07, 6.45) is 14.8. The summed E-state index contributed by atoms with van der Waals surface area (Å²) in [6, 6.07) is 22.1. The Kier molecular flexibility index (Phi) is 16.3. The number of hydrogen-bond acceptors (Lipinski definition) is 0. The van der Waals surface area contributed by atoms with Crippen molar-refractivity contribution in [3.63, 3.8) is 0 Å². The van der Waals surface area contributed by atoms with Crippen LogP contribution < -0.4 is 10.6 Å². The first kappa shape index (κ1) is 33.5. The Morgan fingerprint density at radius 2 is 1.17 bits per heavy atom. The molecule has 0 heterocycles. The van der Waals surface area contributed by atoms with Crippen molar-refractivity contribution in [2.45, 2.75) is 19.8 Å². The van der Waals surface area contributed by atoms with Crippen LogP contribution in [0.25, 0.3) is 0 Å². The zero-order valence-electron chi connectivity index (χ0n) is 19.6.